The summed E-state index contributed by atoms with van der Waals surface area (Å²) in [5, 5.41) is 0. The molecule has 0 N–H and O–H groups in total. The third-order valence-electron chi connectivity index (χ3n) is 3.04. The highest BCUT2D eigenvalue weighted by Gasteiger charge is 2.24. The van der Waals surface area contributed by atoms with Crippen LogP contribution in [0.5, 0.6) is 0 Å². The van der Waals surface area contributed by atoms with Crippen molar-refractivity contribution in [1.29, 1.82) is 0 Å². The van der Waals surface area contributed by atoms with E-state index in [4.69, 9.17) is 0 Å². The molecule has 0 aliphatic carbocycles. The van der Waals surface area contributed by atoms with E-state index < -0.39 is 8.07 Å². The molecule has 0 spiro atoms. The predicted octanol–water partition coefficient (Wildman–Crippen LogP) is 5.08. The molecule has 1 heteroatoms. The van der Waals surface area contributed by atoms with E-state index >= 15 is 0 Å². The van der Waals surface area contributed by atoms with Crippen molar-refractivity contribution >= 4 is 8.07 Å². The highest BCUT2D eigenvalue weighted by molar-refractivity contribution is 6.77. The molecule has 13 heavy (non-hydrogen) atoms. The van der Waals surface area contributed by atoms with Gasteiger partial charge in [-0.15, -0.1) is 0 Å². The Morgan fingerprint density at radius 2 is 1.23 bits per heavy atom. The number of hydrogen-bond acceptors (Lipinski definition) is 0. The number of unbranched alkanes of at least 4 members (excludes halogenated alkanes) is 2. The van der Waals surface area contributed by atoms with Crippen LogP contribution < -0.4 is 0 Å². The van der Waals surface area contributed by atoms with Gasteiger partial charge in [0.1, 0.15) is 0 Å². The second-order valence-corrected chi connectivity index (χ2v) is 10.9. The van der Waals surface area contributed by atoms with E-state index in [1.165, 1.54) is 38.5 Å². The molecule has 0 aromatic heterocycles. The highest BCUT2D eigenvalue weighted by atomic mass is 28.3. The Morgan fingerprint density at radius 1 is 0.846 bits per heavy atom. The van der Waals surface area contributed by atoms with Crippen LogP contribution in [-0.4, -0.2) is 8.07 Å². The molecule has 0 rings (SSSR count). The van der Waals surface area contributed by atoms with Crippen molar-refractivity contribution in [1.82, 2.24) is 0 Å². The van der Waals surface area contributed by atoms with Crippen LogP contribution in [0.15, 0.2) is 0 Å². The molecule has 0 aliphatic rings. The van der Waals surface area contributed by atoms with E-state index in [0.717, 1.165) is 5.54 Å². The van der Waals surface area contributed by atoms with Crippen molar-refractivity contribution in [3.63, 3.8) is 0 Å². The quantitative estimate of drug-likeness (QED) is 0.503. The van der Waals surface area contributed by atoms with Gasteiger partial charge in [-0.3, -0.25) is 0 Å². The predicted molar refractivity (Wildman–Crippen MR) is 66.1 cm³/mol. The zero-order valence-corrected chi connectivity index (χ0v) is 11.3. The van der Waals surface area contributed by atoms with Crippen LogP contribution in [-0.2, 0) is 0 Å². The number of rotatable bonds is 7. The highest BCUT2D eigenvalue weighted by Crippen LogP contribution is 2.32. The van der Waals surface area contributed by atoms with Gasteiger partial charge in [-0.2, -0.15) is 0 Å². The summed E-state index contributed by atoms with van der Waals surface area (Å²) in [6, 6.07) is 0. The van der Waals surface area contributed by atoms with Gasteiger partial charge in [0.25, 0.3) is 0 Å². The van der Waals surface area contributed by atoms with Crippen LogP contribution >= 0.6 is 0 Å². The zero-order valence-electron chi connectivity index (χ0n) is 10.3. The molecule has 0 fully saturated rings. The normalized spacial score (nSPS) is 12.5. The van der Waals surface area contributed by atoms with Gasteiger partial charge < -0.3 is 0 Å². The van der Waals surface area contributed by atoms with E-state index in [2.05, 4.69) is 33.5 Å². The lowest BCUT2D eigenvalue weighted by Gasteiger charge is -2.29. The molecule has 0 atom stereocenters. The van der Waals surface area contributed by atoms with Crippen LogP contribution in [0.2, 0.25) is 25.2 Å². The lowest BCUT2D eigenvalue weighted by molar-refractivity contribution is 0.586. The second kappa shape index (κ2) is 6.64. The van der Waals surface area contributed by atoms with Gasteiger partial charge >= 0.3 is 0 Å². The SMILES string of the molecule is CCCCC(CCCC)[Si](C)(C)C. The molecule has 0 amide bonds. The molecule has 0 heterocycles. The molecule has 0 aromatic rings. The summed E-state index contributed by atoms with van der Waals surface area (Å²) in [7, 11) is -0.861. The summed E-state index contributed by atoms with van der Waals surface area (Å²) in [6.45, 7) is 12.2. The van der Waals surface area contributed by atoms with Gasteiger partial charge in [-0.25, -0.2) is 0 Å². The monoisotopic (exact) mass is 200 g/mol. The van der Waals surface area contributed by atoms with Crippen molar-refractivity contribution in [2.24, 2.45) is 0 Å². The second-order valence-electron chi connectivity index (χ2n) is 5.35. The molecule has 0 aliphatic heterocycles. The maximum absolute atomic E-state index is 2.53. The Morgan fingerprint density at radius 3 is 1.46 bits per heavy atom. The van der Waals surface area contributed by atoms with Gasteiger partial charge in [0.15, 0.2) is 0 Å². The van der Waals surface area contributed by atoms with E-state index in [9.17, 15) is 0 Å². The van der Waals surface area contributed by atoms with E-state index in [1.807, 2.05) is 0 Å². The first-order valence-corrected chi connectivity index (χ1v) is 9.60. The van der Waals surface area contributed by atoms with E-state index in [1.54, 1.807) is 0 Å². The van der Waals surface area contributed by atoms with Gasteiger partial charge in [-0.1, -0.05) is 72.0 Å². The largest absolute Gasteiger partial charge is 0.0693 e. The molecular formula is C12H28Si. The average molecular weight is 200 g/mol. The van der Waals surface area contributed by atoms with Crippen molar-refractivity contribution in [2.75, 3.05) is 0 Å². The van der Waals surface area contributed by atoms with Crippen LogP contribution in [0, 0.1) is 0 Å². The Balaban J connectivity index is 3.88. The summed E-state index contributed by atoms with van der Waals surface area (Å²) in [4.78, 5) is 0. The minimum absolute atomic E-state index is 0.861. The third kappa shape index (κ3) is 6.31. The van der Waals surface area contributed by atoms with Crippen LogP contribution in [0.25, 0.3) is 0 Å². The average Bonchev–Trinajstić information content (AvgIpc) is 2.02. The molecule has 80 valence electrons. The Hall–Kier alpha value is 0.217. The molecular weight excluding hydrogens is 172 g/mol. The van der Waals surface area contributed by atoms with Gasteiger partial charge in [0.2, 0.25) is 0 Å². The standard InChI is InChI=1S/C12H28Si/c1-6-8-10-12(11-9-7-2)13(3,4)5/h12H,6-11H2,1-5H3. The topological polar surface area (TPSA) is 0 Å². The smallest absolute Gasteiger partial charge is 0.0473 e. The van der Waals surface area contributed by atoms with E-state index in [0.29, 0.717) is 0 Å². The fourth-order valence-electron chi connectivity index (χ4n) is 1.91. The van der Waals surface area contributed by atoms with Crippen LogP contribution in [0.3, 0.4) is 0 Å². The Kier molecular flexibility index (Phi) is 6.75. The molecule has 0 aromatic carbocycles. The molecule has 0 bridgehead atoms. The third-order valence-corrected chi connectivity index (χ3v) is 6.06. The van der Waals surface area contributed by atoms with Gasteiger partial charge in [0, 0.05) is 8.07 Å². The zero-order chi connectivity index (χ0) is 10.3. The fourth-order valence-corrected chi connectivity index (χ4v) is 4.05. The Bertz CT molecular complexity index is 105. The minimum Gasteiger partial charge on any atom is -0.0693 e. The minimum atomic E-state index is -0.861. The maximum Gasteiger partial charge on any atom is 0.0473 e. The summed E-state index contributed by atoms with van der Waals surface area (Å²) >= 11 is 0. The summed E-state index contributed by atoms with van der Waals surface area (Å²) in [6.07, 6.45) is 8.61. The number of hydrogen-bond donors (Lipinski definition) is 0. The van der Waals surface area contributed by atoms with Crippen LogP contribution in [0.4, 0.5) is 0 Å². The molecule has 0 unspecified atom stereocenters. The van der Waals surface area contributed by atoms with Crippen molar-refractivity contribution in [3.8, 4) is 0 Å². The Labute approximate surface area is 86.1 Å². The van der Waals surface area contributed by atoms with Crippen LogP contribution in [0.1, 0.15) is 52.4 Å². The molecule has 0 radical (unpaired) electrons. The summed E-state index contributed by atoms with van der Waals surface area (Å²) in [5.74, 6) is 0. The van der Waals surface area contributed by atoms with E-state index in [-0.39, 0.29) is 0 Å². The first-order chi connectivity index (χ1) is 6.02. The lowest BCUT2D eigenvalue weighted by atomic mass is 10.1. The van der Waals surface area contributed by atoms with Crippen molar-refractivity contribution in [2.45, 2.75) is 77.6 Å². The lowest BCUT2D eigenvalue weighted by Crippen LogP contribution is -2.28. The molecule has 0 nitrogen and oxygen atoms in total. The summed E-state index contributed by atoms with van der Waals surface area (Å²) in [5.41, 5.74) is 1.08. The van der Waals surface area contributed by atoms with Gasteiger partial charge in [0.05, 0.1) is 0 Å². The fraction of sp³-hybridized carbons (Fsp3) is 1.00. The van der Waals surface area contributed by atoms with Gasteiger partial charge in [-0.05, 0) is 5.54 Å². The maximum atomic E-state index is 2.53. The van der Waals surface area contributed by atoms with Crippen molar-refractivity contribution < 1.29 is 0 Å². The first kappa shape index (κ1) is 13.2. The molecule has 0 saturated heterocycles. The first-order valence-electron chi connectivity index (χ1n) is 6.02. The molecule has 0 saturated carbocycles. The van der Waals surface area contributed by atoms with Crippen molar-refractivity contribution in [3.05, 3.63) is 0 Å². The summed E-state index contributed by atoms with van der Waals surface area (Å²) < 4.78 is 0.